The van der Waals surface area contributed by atoms with E-state index in [1.165, 1.54) is 4.90 Å². The summed E-state index contributed by atoms with van der Waals surface area (Å²) in [6.45, 7) is 5.60. The first-order valence-electron chi connectivity index (χ1n) is 7.29. The maximum Gasteiger partial charge on any atom is 0.240 e. The van der Waals surface area contributed by atoms with E-state index in [9.17, 15) is 9.59 Å². The van der Waals surface area contributed by atoms with Gasteiger partial charge in [-0.05, 0) is 31.0 Å². The Morgan fingerprint density at radius 3 is 2.45 bits per heavy atom. The van der Waals surface area contributed by atoms with Crippen LogP contribution in [0.15, 0.2) is 18.2 Å². The van der Waals surface area contributed by atoms with E-state index in [0.29, 0.717) is 17.1 Å². The molecule has 0 saturated heterocycles. The normalized spacial score (nSPS) is 15.5. The van der Waals surface area contributed by atoms with Crippen molar-refractivity contribution in [1.82, 2.24) is 4.90 Å². The number of ether oxygens (including phenoxy) is 2. The van der Waals surface area contributed by atoms with Crippen molar-refractivity contribution < 1.29 is 19.1 Å². The number of Topliss-reactive ketones (excluding diaryl/α,β-unsaturated/α-hetero) is 1. The van der Waals surface area contributed by atoms with Crippen LogP contribution in [0, 0.1) is 5.92 Å². The lowest BCUT2D eigenvalue weighted by molar-refractivity contribution is -0.133. The number of carbonyl (C=O) groups excluding carboxylic acids is 2. The van der Waals surface area contributed by atoms with Crippen molar-refractivity contribution in [2.24, 2.45) is 11.7 Å². The average molecular weight is 306 g/mol. The lowest BCUT2D eigenvalue weighted by atomic mass is 10.0. The van der Waals surface area contributed by atoms with Crippen LogP contribution in [0.4, 0.5) is 0 Å². The molecule has 1 aliphatic heterocycles. The maximum atomic E-state index is 12.6. The second-order valence-electron chi connectivity index (χ2n) is 5.83. The Bertz CT molecular complexity index is 586. The lowest BCUT2D eigenvalue weighted by Gasteiger charge is -2.28. The highest BCUT2D eigenvalue weighted by Gasteiger charge is 2.29. The third kappa shape index (κ3) is 3.06. The number of likely N-dealkylation sites (N-methyl/N-ethyl adjacent to an activating group) is 1. The third-order valence-corrected chi connectivity index (χ3v) is 3.97. The SMILES string of the molecule is CC(C)[C@H](N)C(=O)N(C)[C@@H](C)C(=O)c1ccc2c(c1)OCO2. The molecule has 6 nitrogen and oxygen atoms in total. The minimum atomic E-state index is -0.614. The summed E-state index contributed by atoms with van der Waals surface area (Å²) >= 11 is 0. The Labute approximate surface area is 130 Å². The molecule has 0 saturated carbocycles. The first kappa shape index (κ1) is 16.3. The summed E-state index contributed by atoms with van der Waals surface area (Å²) in [4.78, 5) is 26.2. The Hall–Kier alpha value is -2.08. The summed E-state index contributed by atoms with van der Waals surface area (Å²) in [6.07, 6.45) is 0. The van der Waals surface area contributed by atoms with E-state index in [1.807, 2.05) is 13.8 Å². The van der Waals surface area contributed by atoms with Crippen LogP contribution < -0.4 is 15.2 Å². The minimum Gasteiger partial charge on any atom is -0.454 e. The smallest absolute Gasteiger partial charge is 0.240 e. The van der Waals surface area contributed by atoms with E-state index in [4.69, 9.17) is 15.2 Å². The van der Waals surface area contributed by atoms with Gasteiger partial charge >= 0.3 is 0 Å². The van der Waals surface area contributed by atoms with E-state index in [-0.39, 0.29) is 24.4 Å². The second-order valence-corrected chi connectivity index (χ2v) is 5.83. The number of ketones is 1. The van der Waals surface area contributed by atoms with Gasteiger partial charge < -0.3 is 20.1 Å². The molecular formula is C16H22N2O4. The van der Waals surface area contributed by atoms with Crippen molar-refractivity contribution in [3.05, 3.63) is 23.8 Å². The van der Waals surface area contributed by atoms with Gasteiger partial charge in [0.1, 0.15) is 0 Å². The fraction of sp³-hybridized carbons (Fsp3) is 0.500. The van der Waals surface area contributed by atoms with Gasteiger partial charge in [-0.1, -0.05) is 13.8 Å². The number of amides is 1. The highest BCUT2D eigenvalue weighted by Crippen LogP contribution is 2.33. The molecule has 1 aliphatic rings. The average Bonchev–Trinajstić information content (AvgIpc) is 2.98. The number of hydrogen-bond donors (Lipinski definition) is 1. The number of rotatable bonds is 5. The van der Waals surface area contributed by atoms with E-state index in [2.05, 4.69) is 0 Å². The Morgan fingerprint density at radius 2 is 1.82 bits per heavy atom. The monoisotopic (exact) mass is 306 g/mol. The van der Waals surface area contributed by atoms with Crippen molar-refractivity contribution in [3.63, 3.8) is 0 Å². The van der Waals surface area contributed by atoms with E-state index >= 15 is 0 Å². The number of benzene rings is 1. The summed E-state index contributed by atoms with van der Waals surface area (Å²) < 4.78 is 10.5. The van der Waals surface area contributed by atoms with Gasteiger partial charge in [0.2, 0.25) is 12.7 Å². The number of hydrogen-bond acceptors (Lipinski definition) is 5. The molecule has 1 amide bonds. The first-order chi connectivity index (χ1) is 10.3. The van der Waals surface area contributed by atoms with Crippen molar-refractivity contribution in [2.45, 2.75) is 32.9 Å². The van der Waals surface area contributed by atoms with Crippen molar-refractivity contribution in [1.29, 1.82) is 0 Å². The quantitative estimate of drug-likeness (QED) is 0.832. The molecule has 1 heterocycles. The van der Waals surface area contributed by atoms with E-state index < -0.39 is 12.1 Å². The van der Waals surface area contributed by atoms with Crippen LogP contribution in [0.25, 0.3) is 0 Å². The molecule has 2 rings (SSSR count). The fourth-order valence-electron chi connectivity index (χ4n) is 2.18. The molecule has 0 aromatic heterocycles. The molecule has 1 aromatic rings. The van der Waals surface area contributed by atoms with Gasteiger partial charge in [0.15, 0.2) is 17.3 Å². The largest absolute Gasteiger partial charge is 0.454 e. The minimum absolute atomic E-state index is 0.0165. The Morgan fingerprint density at radius 1 is 1.18 bits per heavy atom. The van der Waals surface area contributed by atoms with Crippen LogP contribution >= 0.6 is 0 Å². The van der Waals surface area contributed by atoms with Crippen LogP contribution in [-0.4, -0.2) is 42.5 Å². The molecule has 22 heavy (non-hydrogen) atoms. The second kappa shape index (κ2) is 6.36. The van der Waals surface area contributed by atoms with Crippen LogP contribution in [0.5, 0.6) is 11.5 Å². The number of carbonyl (C=O) groups is 2. The Balaban J connectivity index is 2.13. The summed E-state index contributed by atoms with van der Waals surface area (Å²) in [5, 5.41) is 0. The van der Waals surface area contributed by atoms with Gasteiger partial charge in [-0.2, -0.15) is 0 Å². The van der Waals surface area contributed by atoms with Crippen molar-refractivity contribution >= 4 is 11.7 Å². The van der Waals surface area contributed by atoms with Crippen molar-refractivity contribution in [3.8, 4) is 11.5 Å². The predicted molar refractivity (Wildman–Crippen MR) is 81.9 cm³/mol. The van der Waals surface area contributed by atoms with Gasteiger partial charge in [-0.3, -0.25) is 9.59 Å². The summed E-state index contributed by atoms with van der Waals surface area (Å²) in [7, 11) is 1.60. The van der Waals surface area contributed by atoms with Crippen LogP contribution in [0.2, 0.25) is 0 Å². The zero-order valence-corrected chi connectivity index (χ0v) is 13.3. The predicted octanol–water partition coefficient (Wildman–Crippen LogP) is 1.43. The highest BCUT2D eigenvalue weighted by molar-refractivity contribution is 6.02. The molecule has 0 spiro atoms. The van der Waals surface area contributed by atoms with Gasteiger partial charge in [0, 0.05) is 12.6 Å². The molecular weight excluding hydrogens is 284 g/mol. The molecule has 2 atom stereocenters. The van der Waals surface area contributed by atoms with Crippen LogP contribution in [0.3, 0.4) is 0 Å². The van der Waals surface area contributed by atoms with E-state index in [1.54, 1.807) is 32.2 Å². The number of fused-ring (bicyclic) bond motifs is 1. The van der Waals surface area contributed by atoms with Gasteiger partial charge in [0.25, 0.3) is 0 Å². The third-order valence-electron chi connectivity index (χ3n) is 3.97. The van der Waals surface area contributed by atoms with Gasteiger partial charge in [-0.15, -0.1) is 0 Å². The zero-order chi connectivity index (χ0) is 16.4. The molecule has 2 N–H and O–H groups in total. The topological polar surface area (TPSA) is 81.9 Å². The van der Waals surface area contributed by atoms with Crippen LogP contribution in [-0.2, 0) is 4.79 Å². The molecule has 0 fully saturated rings. The van der Waals surface area contributed by atoms with E-state index in [0.717, 1.165) is 0 Å². The summed E-state index contributed by atoms with van der Waals surface area (Å²) in [5.41, 5.74) is 6.35. The van der Waals surface area contributed by atoms with Gasteiger partial charge in [0.05, 0.1) is 12.1 Å². The fourth-order valence-corrected chi connectivity index (χ4v) is 2.18. The lowest BCUT2D eigenvalue weighted by Crippen LogP contribution is -2.50. The molecule has 0 unspecified atom stereocenters. The summed E-state index contributed by atoms with van der Waals surface area (Å²) in [5.74, 6) is 0.783. The maximum absolute atomic E-state index is 12.6. The highest BCUT2D eigenvalue weighted by atomic mass is 16.7. The summed E-state index contributed by atoms with van der Waals surface area (Å²) in [6, 6.07) is 3.80. The molecule has 0 aliphatic carbocycles. The standard InChI is InChI=1S/C16H22N2O4/c1-9(2)14(17)16(20)18(4)10(3)15(19)11-5-6-12-13(7-11)22-8-21-12/h5-7,9-10,14H,8,17H2,1-4H3/t10-,14-/m0/s1. The number of nitrogens with two attached hydrogens (primary N) is 1. The molecule has 120 valence electrons. The van der Waals surface area contributed by atoms with Gasteiger partial charge in [-0.25, -0.2) is 0 Å². The molecule has 1 aromatic carbocycles. The first-order valence-corrected chi connectivity index (χ1v) is 7.29. The van der Waals surface area contributed by atoms with Crippen LogP contribution in [0.1, 0.15) is 31.1 Å². The van der Waals surface area contributed by atoms with Crippen molar-refractivity contribution in [2.75, 3.05) is 13.8 Å². The number of nitrogens with zero attached hydrogens (tertiary/aromatic N) is 1. The molecule has 0 bridgehead atoms. The Kier molecular flexibility index (Phi) is 4.71. The molecule has 0 radical (unpaired) electrons. The molecule has 6 heteroatoms. The zero-order valence-electron chi connectivity index (χ0n) is 13.3.